The van der Waals surface area contributed by atoms with Crippen molar-refractivity contribution < 1.29 is 9.90 Å². The average Bonchev–Trinajstić information content (AvgIpc) is 2.39. The summed E-state index contributed by atoms with van der Waals surface area (Å²) in [4.78, 5) is 17.5. The van der Waals surface area contributed by atoms with Crippen molar-refractivity contribution in [2.75, 3.05) is 31.6 Å². The Morgan fingerprint density at radius 3 is 3.16 bits per heavy atom. The van der Waals surface area contributed by atoms with Crippen LogP contribution >= 0.6 is 11.6 Å². The molecule has 19 heavy (non-hydrogen) atoms. The maximum atomic E-state index is 11.1. The van der Waals surface area contributed by atoms with Crippen LogP contribution in [0.25, 0.3) is 0 Å². The molecule has 2 rings (SSSR count). The molecule has 5 nitrogen and oxygen atoms in total. The van der Waals surface area contributed by atoms with Gasteiger partial charge in [0.25, 0.3) is 0 Å². The van der Waals surface area contributed by atoms with E-state index >= 15 is 0 Å². The molecule has 1 fully saturated rings. The standard InChI is InChI=1S/C13H18ClN3O2/c1-15-6-9-3-2-4-17(8-9)12-5-10(13(18)19)11(14)7-16-12/h5,7,9,15H,2-4,6,8H2,1H3,(H,18,19). The first-order valence-corrected chi connectivity index (χ1v) is 6.78. The van der Waals surface area contributed by atoms with Gasteiger partial charge in [0, 0.05) is 19.3 Å². The first-order chi connectivity index (χ1) is 9.11. The summed E-state index contributed by atoms with van der Waals surface area (Å²) in [5.74, 6) is 0.254. The molecule has 0 bridgehead atoms. The molecule has 0 radical (unpaired) electrons. The Kier molecular flexibility index (Phi) is 4.61. The summed E-state index contributed by atoms with van der Waals surface area (Å²) in [6.07, 6.45) is 3.71. The van der Waals surface area contributed by atoms with Crippen molar-refractivity contribution in [2.45, 2.75) is 12.8 Å². The summed E-state index contributed by atoms with van der Waals surface area (Å²) < 4.78 is 0. The van der Waals surface area contributed by atoms with Gasteiger partial charge in [-0.2, -0.15) is 0 Å². The summed E-state index contributed by atoms with van der Waals surface area (Å²) in [6, 6.07) is 1.56. The highest BCUT2D eigenvalue weighted by atomic mass is 35.5. The van der Waals surface area contributed by atoms with E-state index in [2.05, 4.69) is 15.2 Å². The second-order valence-corrected chi connectivity index (χ2v) is 5.25. The van der Waals surface area contributed by atoms with Crippen LogP contribution in [0.5, 0.6) is 0 Å². The fraction of sp³-hybridized carbons (Fsp3) is 0.538. The predicted molar refractivity (Wildman–Crippen MR) is 75.1 cm³/mol. The van der Waals surface area contributed by atoms with Gasteiger partial charge in [-0.15, -0.1) is 0 Å². The molecule has 104 valence electrons. The lowest BCUT2D eigenvalue weighted by Crippen LogP contribution is -2.39. The number of hydrogen-bond acceptors (Lipinski definition) is 4. The molecule has 2 heterocycles. The van der Waals surface area contributed by atoms with Gasteiger partial charge in [0.05, 0.1) is 10.6 Å². The maximum absolute atomic E-state index is 11.1. The Morgan fingerprint density at radius 1 is 1.68 bits per heavy atom. The molecule has 0 amide bonds. The Labute approximate surface area is 117 Å². The van der Waals surface area contributed by atoms with E-state index in [0.717, 1.165) is 26.1 Å². The molecular formula is C13H18ClN3O2. The number of anilines is 1. The lowest BCUT2D eigenvalue weighted by molar-refractivity contribution is 0.0697. The minimum Gasteiger partial charge on any atom is -0.478 e. The Balaban J connectivity index is 2.17. The number of pyridine rings is 1. The molecule has 1 aromatic rings. The Hall–Kier alpha value is -1.33. The number of rotatable bonds is 4. The highest BCUT2D eigenvalue weighted by Crippen LogP contribution is 2.24. The van der Waals surface area contributed by atoms with E-state index in [4.69, 9.17) is 16.7 Å². The zero-order chi connectivity index (χ0) is 13.8. The summed E-state index contributed by atoms with van der Waals surface area (Å²) in [5.41, 5.74) is 0.113. The summed E-state index contributed by atoms with van der Waals surface area (Å²) in [5, 5.41) is 12.5. The fourth-order valence-corrected chi connectivity index (χ4v) is 2.68. The molecule has 0 saturated carbocycles. The fourth-order valence-electron chi connectivity index (χ4n) is 2.49. The monoisotopic (exact) mass is 283 g/mol. The predicted octanol–water partition coefficient (Wildman–Crippen LogP) is 1.87. The summed E-state index contributed by atoms with van der Waals surface area (Å²) in [7, 11) is 1.95. The molecule has 1 atom stereocenters. The van der Waals surface area contributed by atoms with E-state index in [9.17, 15) is 4.79 Å². The second-order valence-electron chi connectivity index (χ2n) is 4.84. The third-order valence-corrected chi connectivity index (χ3v) is 3.71. The third-order valence-electron chi connectivity index (χ3n) is 3.41. The number of carboxylic acid groups (broad SMARTS) is 1. The minimum absolute atomic E-state index is 0.113. The van der Waals surface area contributed by atoms with Gasteiger partial charge in [0.1, 0.15) is 5.82 Å². The molecule has 1 aliphatic rings. The molecule has 0 aromatic carbocycles. The van der Waals surface area contributed by atoms with Gasteiger partial charge in [-0.3, -0.25) is 0 Å². The molecule has 0 aliphatic carbocycles. The number of piperidine rings is 1. The van der Waals surface area contributed by atoms with E-state index in [1.807, 2.05) is 7.05 Å². The molecule has 1 aliphatic heterocycles. The topological polar surface area (TPSA) is 65.5 Å². The van der Waals surface area contributed by atoms with Crippen molar-refractivity contribution >= 4 is 23.4 Å². The SMILES string of the molecule is CNCC1CCCN(c2cc(C(=O)O)c(Cl)cn2)C1. The molecule has 1 unspecified atom stereocenters. The van der Waals surface area contributed by atoms with Crippen LogP contribution in [0, 0.1) is 5.92 Å². The van der Waals surface area contributed by atoms with E-state index < -0.39 is 5.97 Å². The largest absolute Gasteiger partial charge is 0.478 e. The number of nitrogens with zero attached hydrogens (tertiary/aromatic N) is 2. The van der Waals surface area contributed by atoms with Gasteiger partial charge in [-0.25, -0.2) is 9.78 Å². The molecule has 0 spiro atoms. The van der Waals surface area contributed by atoms with E-state index in [-0.39, 0.29) is 10.6 Å². The summed E-state index contributed by atoms with van der Waals surface area (Å²) in [6.45, 7) is 2.78. The van der Waals surface area contributed by atoms with Crippen LogP contribution in [0.15, 0.2) is 12.3 Å². The molecule has 2 N–H and O–H groups in total. The zero-order valence-corrected chi connectivity index (χ0v) is 11.7. The van der Waals surface area contributed by atoms with E-state index in [0.29, 0.717) is 11.7 Å². The quantitative estimate of drug-likeness (QED) is 0.883. The van der Waals surface area contributed by atoms with Crippen molar-refractivity contribution in [3.63, 3.8) is 0 Å². The number of aromatic nitrogens is 1. The van der Waals surface area contributed by atoms with Gasteiger partial charge in [0.2, 0.25) is 0 Å². The maximum Gasteiger partial charge on any atom is 0.337 e. The number of hydrogen-bond donors (Lipinski definition) is 2. The van der Waals surface area contributed by atoms with Gasteiger partial charge >= 0.3 is 5.97 Å². The minimum atomic E-state index is -1.02. The Morgan fingerprint density at radius 2 is 2.47 bits per heavy atom. The normalized spacial score (nSPS) is 19.5. The van der Waals surface area contributed by atoms with Crippen molar-refractivity contribution in [1.82, 2.24) is 10.3 Å². The van der Waals surface area contributed by atoms with Crippen molar-refractivity contribution in [3.05, 3.63) is 22.8 Å². The Bertz CT molecular complexity index is 465. The number of carbonyl (C=O) groups is 1. The molecular weight excluding hydrogens is 266 g/mol. The van der Waals surface area contributed by atoms with Crippen molar-refractivity contribution in [2.24, 2.45) is 5.92 Å². The number of aromatic carboxylic acids is 1. The number of nitrogens with one attached hydrogen (secondary N) is 1. The van der Waals surface area contributed by atoms with Crippen LogP contribution in [0.1, 0.15) is 23.2 Å². The lowest BCUT2D eigenvalue weighted by atomic mass is 9.98. The number of carboxylic acids is 1. The van der Waals surface area contributed by atoms with Gasteiger partial charge in [-0.1, -0.05) is 11.6 Å². The lowest BCUT2D eigenvalue weighted by Gasteiger charge is -2.33. The van der Waals surface area contributed by atoms with Crippen LogP contribution < -0.4 is 10.2 Å². The van der Waals surface area contributed by atoms with Gasteiger partial charge < -0.3 is 15.3 Å². The van der Waals surface area contributed by atoms with E-state index in [1.54, 1.807) is 6.07 Å². The van der Waals surface area contributed by atoms with E-state index in [1.165, 1.54) is 12.6 Å². The second kappa shape index (κ2) is 6.21. The van der Waals surface area contributed by atoms with Gasteiger partial charge in [-0.05, 0) is 38.4 Å². The smallest absolute Gasteiger partial charge is 0.337 e. The molecule has 1 aromatic heterocycles. The molecule has 6 heteroatoms. The number of halogens is 1. The molecule has 1 saturated heterocycles. The first-order valence-electron chi connectivity index (χ1n) is 6.40. The van der Waals surface area contributed by atoms with Crippen LogP contribution in [-0.4, -0.2) is 42.7 Å². The van der Waals surface area contributed by atoms with Crippen LogP contribution in [0.2, 0.25) is 5.02 Å². The average molecular weight is 284 g/mol. The highest BCUT2D eigenvalue weighted by Gasteiger charge is 2.21. The first kappa shape index (κ1) is 14.1. The zero-order valence-electron chi connectivity index (χ0n) is 10.9. The highest BCUT2D eigenvalue weighted by molar-refractivity contribution is 6.33. The van der Waals surface area contributed by atoms with Gasteiger partial charge in [0.15, 0.2) is 0 Å². The van der Waals surface area contributed by atoms with Crippen molar-refractivity contribution in [3.8, 4) is 0 Å². The van der Waals surface area contributed by atoms with Crippen molar-refractivity contribution in [1.29, 1.82) is 0 Å². The van der Waals surface area contributed by atoms with Crippen LogP contribution in [0.4, 0.5) is 5.82 Å². The van der Waals surface area contributed by atoms with Crippen LogP contribution in [0.3, 0.4) is 0 Å². The van der Waals surface area contributed by atoms with Crippen LogP contribution in [-0.2, 0) is 0 Å². The summed E-state index contributed by atoms with van der Waals surface area (Å²) >= 11 is 5.84. The third kappa shape index (κ3) is 3.36.